The van der Waals surface area contributed by atoms with Crippen LogP contribution in [0.5, 0.6) is 0 Å². The van der Waals surface area contributed by atoms with Gasteiger partial charge < -0.3 is 22.1 Å². The van der Waals surface area contributed by atoms with Crippen LogP contribution < -0.4 is 22.1 Å². The van der Waals surface area contributed by atoms with E-state index in [1.54, 1.807) is 24.3 Å². The molecule has 1 aliphatic rings. The number of amides is 1. The number of carbonyl (C=O) groups is 2. The predicted molar refractivity (Wildman–Crippen MR) is 137 cm³/mol. The third-order valence-corrected chi connectivity index (χ3v) is 6.51. The van der Waals surface area contributed by atoms with Crippen molar-refractivity contribution in [1.82, 2.24) is 10.6 Å². The fourth-order valence-electron chi connectivity index (χ4n) is 4.62. The second-order valence-corrected chi connectivity index (χ2v) is 8.85. The molecule has 7 heteroatoms. The zero-order chi connectivity index (χ0) is 24.8. The lowest BCUT2D eigenvalue weighted by atomic mass is 9.84. The topological polar surface area (TPSA) is 134 Å². The molecule has 4 rings (SSSR count). The van der Waals surface area contributed by atoms with E-state index in [2.05, 4.69) is 10.6 Å². The molecule has 0 aliphatic carbocycles. The van der Waals surface area contributed by atoms with Crippen molar-refractivity contribution in [3.8, 4) is 0 Å². The summed E-state index contributed by atoms with van der Waals surface area (Å²) in [6.45, 7) is 0.768. The van der Waals surface area contributed by atoms with E-state index in [0.29, 0.717) is 11.1 Å². The summed E-state index contributed by atoms with van der Waals surface area (Å²) < 4.78 is 0. The quantitative estimate of drug-likeness (QED) is 0.243. The molecular weight excluding hydrogens is 438 g/mol. The smallest absolute Gasteiger partial charge is 0.238 e. The summed E-state index contributed by atoms with van der Waals surface area (Å²) in [5, 5.41) is 13.8. The van der Waals surface area contributed by atoms with Gasteiger partial charge in [0.05, 0.1) is 12.1 Å². The summed E-state index contributed by atoms with van der Waals surface area (Å²) in [7, 11) is 0. The Labute approximate surface area is 205 Å². The molecule has 1 heterocycles. The Morgan fingerprint density at radius 3 is 1.94 bits per heavy atom. The van der Waals surface area contributed by atoms with Gasteiger partial charge in [-0.25, -0.2) is 0 Å². The molecule has 1 saturated heterocycles. The van der Waals surface area contributed by atoms with Crippen molar-refractivity contribution in [2.75, 3.05) is 6.54 Å². The van der Waals surface area contributed by atoms with Crippen LogP contribution in [0.15, 0.2) is 84.9 Å². The number of hydrogen-bond acceptors (Lipinski definition) is 5. The van der Waals surface area contributed by atoms with Gasteiger partial charge in [0.15, 0.2) is 5.78 Å². The molecule has 0 aromatic heterocycles. The molecule has 1 aliphatic heterocycles. The standard InChI is InChI=1S/C28H31N5O2/c29-24(23(18-8-3-1-4-9-18)19-10-5-2-6-11-19)28(35)33-25(26(34)22-12-7-17-32-22)20-13-15-21(16-14-20)27(30)31/h1-6,8-11,13-16,22-25,32H,7,12,17,29H2,(H3,30,31)(H,33,35)/t22-,24+,25?/m0/s1. The normalized spacial score (nSPS) is 17.0. The SMILES string of the molecule is N=C(N)c1ccc(C(NC(=O)[C@H](N)C(c2ccccc2)c2ccccc2)C(=O)[C@@H]2CCCN2)cc1. The summed E-state index contributed by atoms with van der Waals surface area (Å²) in [6.07, 6.45) is 1.63. The Hall–Kier alpha value is -3.81. The van der Waals surface area contributed by atoms with Crippen LogP contribution in [-0.2, 0) is 9.59 Å². The number of carbonyl (C=O) groups excluding carboxylic acids is 2. The molecule has 3 atom stereocenters. The van der Waals surface area contributed by atoms with E-state index in [-0.39, 0.29) is 23.6 Å². The molecule has 0 saturated carbocycles. The average Bonchev–Trinajstić information content (AvgIpc) is 3.43. The maximum absolute atomic E-state index is 13.5. The number of nitrogens with two attached hydrogens (primary N) is 2. The van der Waals surface area contributed by atoms with Gasteiger partial charge in [-0.3, -0.25) is 15.0 Å². The summed E-state index contributed by atoms with van der Waals surface area (Å²) in [4.78, 5) is 27.0. The number of Topliss-reactive ketones (excluding diaryl/α,β-unsaturated/α-hetero) is 1. The monoisotopic (exact) mass is 469 g/mol. The van der Waals surface area contributed by atoms with Gasteiger partial charge in [-0.1, -0.05) is 84.9 Å². The van der Waals surface area contributed by atoms with E-state index < -0.39 is 18.0 Å². The van der Waals surface area contributed by atoms with Crippen LogP contribution in [0, 0.1) is 5.41 Å². The summed E-state index contributed by atoms with van der Waals surface area (Å²) in [5.41, 5.74) is 15.2. The minimum absolute atomic E-state index is 0.0588. The average molecular weight is 470 g/mol. The van der Waals surface area contributed by atoms with Gasteiger partial charge in [0.25, 0.3) is 0 Å². The van der Waals surface area contributed by atoms with Crippen molar-refractivity contribution < 1.29 is 9.59 Å². The zero-order valence-electron chi connectivity index (χ0n) is 19.5. The van der Waals surface area contributed by atoms with Crippen molar-refractivity contribution in [3.05, 3.63) is 107 Å². The lowest BCUT2D eigenvalue weighted by Crippen LogP contribution is -2.49. The van der Waals surface area contributed by atoms with Gasteiger partial charge in [-0.05, 0) is 36.1 Å². The van der Waals surface area contributed by atoms with Crippen molar-refractivity contribution >= 4 is 17.5 Å². The highest BCUT2D eigenvalue weighted by Crippen LogP contribution is 2.28. The molecule has 0 radical (unpaired) electrons. The predicted octanol–water partition coefficient (Wildman–Crippen LogP) is 2.61. The number of rotatable bonds is 9. The van der Waals surface area contributed by atoms with Crippen LogP contribution in [0.2, 0.25) is 0 Å². The first-order valence-corrected chi connectivity index (χ1v) is 11.8. The molecule has 35 heavy (non-hydrogen) atoms. The van der Waals surface area contributed by atoms with E-state index in [4.69, 9.17) is 16.9 Å². The van der Waals surface area contributed by atoms with Crippen molar-refractivity contribution in [3.63, 3.8) is 0 Å². The Morgan fingerprint density at radius 2 is 1.46 bits per heavy atom. The maximum atomic E-state index is 13.5. The first-order chi connectivity index (χ1) is 17.0. The zero-order valence-corrected chi connectivity index (χ0v) is 19.5. The molecule has 0 spiro atoms. The van der Waals surface area contributed by atoms with Crippen LogP contribution in [0.25, 0.3) is 0 Å². The molecule has 7 nitrogen and oxygen atoms in total. The number of amidine groups is 1. The molecule has 1 amide bonds. The highest BCUT2D eigenvalue weighted by molar-refractivity contribution is 5.97. The Morgan fingerprint density at radius 1 is 0.886 bits per heavy atom. The number of nitrogen functional groups attached to an aromatic ring is 1. The van der Waals surface area contributed by atoms with Crippen molar-refractivity contribution in [1.29, 1.82) is 5.41 Å². The Bertz CT molecular complexity index is 1120. The van der Waals surface area contributed by atoms with E-state index in [9.17, 15) is 9.59 Å². The number of ketones is 1. The minimum Gasteiger partial charge on any atom is -0.384 e. The molecule has 0 bridgehead atoms. The van der Waals surface area contributed by atoms with E-state index in [1.807, 2.05) is 60.7 Å². The van der Waals surface area contributed by atoms with Crippen LogP contribution in [0.3, 0.4) is 0 Å². The summed E-state index contributed by atoms with van der Waals surface area (Å²) in [6, 6.07) is 24.1. The molecular formula is C28H31N5O2. The Kier molecular flexibility index (Phi) is 7.70. The van der Waals surface area contributed by atoms with Gasteiger partial charge in [-0.15, -0.1) is 0 Å². The summed E-state index contributed by atoms with van der Waals surface area (Å²) >= 11 is 0. The third kappa shape index (κ3) is 5.65. The molecule has 3 aromatic carbocycles. The lowest BCUT2D eigenvalue weighted by molar-refractivity contribution is -0.129. The number of hydrogen-bond donors (Lipinski definition) is 5. The maximum Gasteiger partial charge on any atom is 0.238 e. The highest BCUT2D eigenvalue weighted by Gasteiger charge is 2.34. The fourth-order valence-corrected chi connectivity index (χ4v) is 4.62. The second-order valence-electron chi connectivity index (χ2n) is 8.85. The number of benzene rings is 3. The lowest BCUT2D eigenvalue weighted by Gasteiger charge is -2.27. The molecule has 3 aromatic rings. The van der Waals surface area contributed by atoms with Crippen LogP contribution in [0.4, 0.5) is 0 Å². The molecule has 1 unspecified atom stereocenters. The van der Waals surface area contributed by atoms with Crippen molar-refractivity contribution in [2.24, 2.45) is 11.5 Å². The van der Waals surface area contributed by atoms with E-state index >= 15 is 0 Å². The highest BCUT2D eigenvalue weighted by atomic mass is 16.2. The van der Waals surface area contributed by atoms with E-state index in [0.717, 1.165) is 30.5 Å². The van der Waals surface area contributed by atoms with Gasteiger partial charge in [0.1, 0.15) is 11.9 Å². The molecule has 1 fully saturated rings. The van der Waals surface area contributed by atoms with Gasteiger partial charge in [0, 0.05) is 11.5 Å². The molecule has 7 N–H and O–H groups in total. The molecule has 180 valence electrons. The first kappa shape index (κ1) is 24.3. The van der Waals surface area contributed by atoms with Gasteiger partial charge in [0.2, 0.25) is 5.91 Å². The fraction of sp³-hybridized carbons (Fsp3) is 0.250. The van der Waals surface area contributed by atoms with Gasteiger partial charge in [-0.2, -0.15) is 0 Å². The minimum atomic E-state index is -0.914. The summed E-state index contributed by atoms with van der Waals surface area (Å²) in [5.74, 6) is -0.946. The van der Waals surface area contributed by atoms with Crippen LogP contribution in [-0.4, -0.2) is 36.2 Å². The van der Waals surface area contributed by atoms with Crippen LogP contribution in [0.1, 0.15) is 47.1 Å². The third-order valence-electron chi connectivity index (χ3n) is 6.51. The Balaban J connectivity index is 1.63. The number of nitrogens with one attached hydrogen (secondary N) is 3. The van der Waals surface area contributed by atoms with Gasteiger partial charge >= 0.3 is 0 Å². The van der Waals surface area contributed by atoms with Crippen molar-refractivity contribution in [2.45, 2.75) is 36.9 Å². The largest absolute Gasteiger partial charge is 0.384 e. The van der Waals surface area contributed by atoms with Crippen LogP contribution >= 0.6 is 0 Å². The second kappa shape index (κ2) is 11.1. The van der Waals surface area contributed by atoms with E-state index in [1.165, 1.54) is 0 Å². The first-order valence-electron chi connectivity index (χ1n) is 11.8.